The van der Waals surface area contributed by atoms with Gasteiger partial charge in [-0.15, -0.1) is 0 Å². The SMILES string of the molecule is OCc1cncnc1N1CCSCC1. The quantitative estimate of drug-likeness (QED) is 0.773. The van der Waals surface area contributed by atoms with E-state index in [2.05, 4.69) is 14.9 Å². The van der Waals surface area contributed by atoms with E-state index in [1.54, 1.807) is 6.20 Å². The summed E-state index contributed by atoms with van der Waals surface area (Å²) in [5, 5.41) is 9.14. The molecule has 76 valence electrons. The van der Waals surface area contributed by atoms with E-state index in [9.17, 15) is 0 Å². The molecule has 0 unspecified atom stereocenters. The summed E-state index contributed by atoms with van der Waals surface area (Å²) < 4.78 is 0. The van der Waals surface area contributed by atoms with Crippen molar-refractivity contribution in [3.63, 3.8) is 0 Å². The molecule has 0 saturated carbocycles. The van der Waals surface area contributed by atoms with E-state index < -0.39 is 0 Å². The van der Waals surface area contributed by atoms with Crippen molar-refractivity contribution >= 4 is 17.6 Å². The Balaban J connectivity index is 2.20. The molecule has 5 heteroatoms. The first kappa shape index (κ1) is 9.73. The van der Waals surface area contributed by atoms with Crippen LogP contribution in [-0.4, -0.2) is 39.7 Å². The Morgan fingerprint density at radius 2 is 2.21 bits per heavy atom. The van der Waals surface area contributed by atoms with Crippen LogP contribution in [0.2, 0.25) is 0 Å². The van der Waals surface area contributed by atoms with Crippen LogP contribution in [0.5, 0.6) is 0 Å². The number of hydrogen-bond acceptors (Lipinski definition) is 5. The molecule has 0 aromatic carbocycles. The van der Waals surface area contributed by atoms with Crippen molar-refractivity contribution in [2.75, 3.05) is 29.5 Å². The lowest BCUT2D eigenvalue weighted by molar-refractivity contribution is 0.281. The molecule has 2 rings (SSSR count). The van der Waals surface area contributed by atoms with Crippen molar-refractivity contribution in [1.82, 2.24) is 9.97 Å². The molecule has 1 aromatic rings. The van der Waals surface area contributed by atoms with E-state index in [-0.39, 0.29) is 6.61 Å². The Kier molecular flexibility index (Phi) is 3.21. The molecule has 0 amide bonds. The number of rotatable bonds is 2. The van der Waals surface area contributed by atoms with Crippen LogP contribution in [-0.2, 0) is 6.61 Å². The molecule has 2 heterocycles. The Bertz CT molecular complexity index is 302. The summed E-state index contributed by atoms with van der Waals surface area (Å²) in [6.45, 7) is 2.03. The van der Waals surface area contributed by atoms with E-state index in [1.165, 1.54) is 6.33 Å². The van der Waals surface area contributed by atoms with Crippen molar-refractivity contribution in [1.29, 1.82) is 0 Å². The van der Waals surface area contributed by atoms with E-state index in [4.69, 9.17) is 5.11 Å². The van der Waals surface area contributed by atoms with Crippen LogP contribution in [0.3, 0.4) is 0 Å². The highest BCUT2D eigenvalue weighted by Gasteiger charge is 2.15. The molecule has 0 atom stereocenters. The molecular formula is C9H13N3OS. The molecule has 14 heavy (non-hydrogen) atoms. The first-order chi connectivity index (χ1) is 6.92. The van der Waals surface area contributed by atoms with E-state index in [0.717, 1.165) is 36.0 Å². The normalized spacial score (nSPS) is 17.1. The van der Waals surface area contributed by atoms with E-state index >= 15 is 0 Å². The Morgan fingerprint density at radius 1 is 1.43 bits per heavy atom. The number of hydrogen-bond donors (Lipinski definition) is 1. The van der Waals surface area contributed by atoms with Gasteiger partial charge in [0.2, 0.25) is 0 Å². The van der Waals surface area contributed by atoms with Crippen LogP contribution in [0.4, 0.5) is 5.82 Å². The summed E-state index contributed by atoms with van der Waals surface area (Å²) in [6, 6.07) is 0. The number of thioether (sulfide) groups is 1. The van der Waals surface area contributed by atoms with Crippen LogP contribution in [0, 0.1) is 0 Å². The molecule has 1 fully saturated rings. The summed E-state index contributed by atoms with van der Waals surface area (Å²) in [5.74, 6) is 3.16. The molecule has 0 radical (unpaired) electrons. The summed E-state index contributed by atoms with van der Waals surface area (Å²) in [5.41, 5.74) is 0.819. The van der Waals surface area contributed by atoms with E-state index in [0.29, 0.717) is 0 Å². The van der Waals surface area contributed by atoms with Gasteiger partial charge in [0.15, 0.2) is 0 Å². The van der Waals surface area contributed by atoms with Gasteiger partial charge in [-0.05, 0) is 0 Å². The second kappa shape index (κ2) is 4.61. The van der Waals surface area contributed by atoms with Gasteiger partial charge >= 0.3 is 0 Å². The fourth-order valence-corrected chi connectivity index (χ4v) is 2.43. The monoisotopic (exact) mass is 211 g/mol. The van der Waals surface area contributed by atoms with Crippen molar-refractivity contribution in [2.45, 2.75) is 6.61 Å². The van der Waals surface area contributed by atoms with Gasteiger partial charge in [-0.3, -0.25) is 0 Å². The van der Waals surface area contributed by atoms with Gasteiger partial charge in [0, 0.05) is 36.4 Å². The number of anilines is 1. The minimum Gasteiger partial charge on any atom is -0.391 e. The van der Waals surface area contributed by atoms with Gasteiger partial charge in [-0.2, -0.15) is 11.8 Å². The lowest BCUT2D eigenvalue weighted by Crippen LogP contribution is -2.33. The second-order valence-corrected chi connectivity index (χ2v) is 4.35. The molecule has 0 bridgehead atoms. The maximum absolute atomic E-state index is 9.14. The highest BCUT2D eigenvalue weighted by molar-refractivity contribution is 7.99. The van der Waals surface area contributed by atoms with Gasteiger partial charge < -0.3 is 10.0 Å². The highest BCUT2D eigenvalue weighted by atomic mass is 32.2. The summed E-state index contributed by atoms with van der Waals surface area (Å²) in [6.07, 6.45) is 3.22. The zero-order valence-electron chi connectivity index (χ0n) is 7.89. The van der Waals surface area contributed by atoms with Crippen LogP contribution in [0.25, 0.3) is 0 Å². The molecule has 0 spiro atoms. The highest BCUT2D eigenvalue weighted by Crippen LogP contribution is 2.20. The molecule has 1 N–H and O–H groups in total. The average Bonchev–Trinajstić information content (AvgIpc) is 2.30. The number of aliphatic hydroxyl groups excluding tert-OH is 1. The van der Waals surface area contributed by atoms with E-state index in [1.807, 2.05) is 11.8 Å². The predicted octanol–water partition coefficient (Wildman–Crippen LogP) is 0.522. The van der Waals surface area contributed by atoms with Crippen molar-refractivity contribution in [3.8, 4) is 0 Å². The third kappa shape index (κ3) is 1.99. The predicted molar refractivity (Wildman–Crippen MR) is 57.5 cm³/mol. The minimum absolute atomic E-state index is 0.0137. The molecule has 1 aliphatic rings. The third-order valence-corrected chi connectivity index (χ3v) is 3.19. The van der Waals surface area contributed by atoms with Crippen LogP contribution in [0.1, 0.15) is 5.56 Å². The summed E-state index contributed by atoms with van der Waals surface area (Å²) >= 11 is 1.96. The summed E-state index contributed by atoms with van der Waals surface area (Å²) in [4.78, 5) is 10.3. The zero-order valence-corrected chi connectivity index (χ0v) is 8.70. The Morgan fingerprint density at radius 3 is 2.93 bits per heavy atom. The van der Waals surface area contributed by atoms with Crippen LogP contribution >= 0.6 is 11.8 Å². The second-order valence-electron chi connectivity index (χ2n) is 3.13. The standard InChI is InChI=1S/C9H13N3OS/c13-6-8-5-10-7-11-9(8)12-1-3-14-4-2-12/h5,7,13H,1-4,6H2. The van der Waals surface area contributed by atoms with Gasteiger partial charge in [0.1, 0.15) is 12.1 Å². The number of aromatic nitrogens is 2. The lowest BCUT2D eigenvalue weighted by Gasteiger charge is -2.28. The zero-order chi connectivity index (χ0) is 9.80. The molecular weight excluding hydrogens is 198 g/mol. The molecule has 4 nitrogen and oxygen atoms in total. The Hall–Kier alpha value is -0.810. The third-order valence-electron chi connectivity index (χ3n) is 2.25. The lowest BCUT2D eigenvalue weighted by atomic mass is 10.3. The molecule has 1 aliphatic heterocycles. The van der Waals surface area contributed by atoms with Crippen LogP contribution in [0.15, 0.2) is 12.5 Å². The van der Waals surface area contributed by atoms with Crippen molar-refractivity contribution in [3.05, 3.63) is 18.1 Å². The van der Waals surface area contributed by atoms with Gasteiger partial charge in [0.05, 0.1) is 6.61 Å². The van der Waals surface area contributed by atoms with Gasteiger partial charge in [0.25, 0.3) is 0 Å². The maximum atomic E-state index is 9.14. The fraction of sp³-hybridized carbons (Fsp3) is 0.556. The first-order valence-electron chi connectivity index (χ1n) is 4.64. The Labute approximate surface area is 87.4 Å². The largest absolute Gasteiger partial charge is 0.391 e. The maximum Gasteiger partial charge on any atom is 0.137 e. The van der Waals surface area contributed by atoms with Crippen LogP contribution < -0.4 is 4.90 Å². The fourth-order valence-electron chi connectivity index (χ4n) is 1.52. The number of aliphatic hydroxyl groups is 1. The summed E-state index contributed by atoms with van der Waals surface area (Å²) in [7, 11) is 0. The van der Waals surface area contributed by atoms with Gasteiger partial charge in [-0.25, -0.2) is 9.97 Å². The topological polar surface area (TPSA) is 49.3 Å². The first-order valence-corrected chi connectivity index (χ1v) is 5.79. The average molecular weight is 211 g/mol. The van der Waals surface area contributed by atoms with Crippen molar-refractivity contribution in [2.24, 2.45) is 0 Å². The molecule has 1 aromatic heterocycles. The van der Waals surface area contributed by atoms with Crippen molar-refractivity contribution < 1.29 is 5.11 Å². The molecule has 0 aliphatic carbocycles. The van der Waals surface area contributed by atoms with Gasteiger partial charge in [-0.1, -0.05) is 0 Å². The minimum atomic E-state index is 0.0137. The smallest absolute Gasteiger partial charge is 0.137 e. The number of nitrogens with zero attached hydrogens (tertiary/aromatic N) is 3. The molecule has 1 saturated heterocycles.